The topological polar surface area (TPSA) is 83.9 Å². The van der Waals surface area contributed by atoms with Crippen LogP contribution in [0.1, 0.15) is 30.9 Å². The van der Waals surface area contributed by atoms with Gasteiger partial charge in [0.25, 0.3) is 0 Å². The molecule has 1 aliphatic rings. The summed E-state index contributed by atoms with van der Waals surface area (Å²) in [5.41, 5.74) is 7.11. The van der Waals surface area contributed by atoms with Crippen molar-refractivity contribution in [3.63, 3.8) is 0 Å². The Bertz CT molecular complexity index is 610. The van der Waals surface area contributed by atoms with E-state index in [-0.39, 0.29) is 12.1 Å². The molecule has 1 atom stereocenters. The fraction of sp³-hybridized carbons (Fsp3) is 0.375. The highest BCUT2D eigenvalue weighted by atomic mass is 16.5. The van der Waals surface area contributed by atoms with Crippen molar-refractivity contribution in [2.45, 2.75) is 26.0 Å². The van der Waals surface area contributed by atoms with Crippen molar-refractivity contribution in [2.24, 2.45) is 10.8 Å². The average molecular weight is 302 g/mol. The number of hydrazone groups is 1. The van der Waals surface area contributed by atoms with Gasteiger partial charge in [0.1, 0.15) is 11.6 Å². The maximum atomic E-state index is 7.51. The Hall–Kier alpha value is -2.50. The quantitative estimate of drug-likeness (QED) is 0.624. The third-order valence-electron chi connectivity index (χ3n) is 3.44. The van der Waals surface area contributed by atoms with Crippen molar-refractivity contribution in [1.29, 1.82) is 5.41 Å². The Labute approximate surface area is 130 Å². The van der Waals surface area contributed by atoms with Gasteiger partial charge in [-0.3, -0.25) is 10.4 Å². The fourth-order valence-electron chi connectivity index (χ4n) is 2.31. The van der Waals surface area contributed by atoms with Crippen LogP contribution in [0, 0.1) is 5.41 Å². The first-order chi connectivity index (χ1) is 10.5. The van der Waals surface area contributed by atoms with Crippen molar-refractivity contribution in [1.82, 2.24) is 5.01 Å². The van der Waals surface area contributed by atoms with Gasteiger partial charge in [-0.25, -0.2) is 0 Å². The number of hydrogen-bond donors (Lipinski definition) is 2. The number of ether oxygens (including phenoxy) is 2. The molecule has 0 amide bonds. The second-order valence-electron chi connectivity index (χ2n) is 5.12. The predicted molar refractivity (Wildman–Crippen MR) is 88.0 cm³/mol. The molecule has 1 heterocycles. The lowest BCUT2D eigenvalue weighted by atomic mass is 10.1. The maximum absolute atomic E-state index is 7.51. The number of nitrogens with one attached hydrogen (secondary N) is 1. The van der Waals surface area contributed by atoms with Crippen molar-refractivity contribution in [3.8, 4) is 5.75 Å². The summed E-state index contributed by atoms with van der Waals surface area (Å²) in [6.45, 7) is 1.85. The van der Waals surface area contributed by atoms with Crippen molar-refractivity contribution in [3.05, 3.63) is 35.4 Å². The molecular weight excluding hydrogens is 280 g/mol. The molecule has 0 spiro atoms. The molecule has 0 saturated carbocycles. The summed E-state index contributed by atoms with van der Waals surface area (Å²) < 4.78 is 10.9. The van der Waals surface area contributed by atoms with Gasteiger partial charge in [-0.15, -0.1) is 5.10 Å². The molecule has 1 aromatic carbocycles. The number of allylic oxidation sites excluding steroid dienone is 1. The minimum atomic E-state index is -0.00454. The lowest BCUT2D eigenvalue weighted by Gasteiger charge is -2.16. The van der Waals surface area contributed by atoms with E-state index < -0.39 is 0 Å². The van der Waals surface area contributed by atoms with Gasteiger partial charge in [0.05, 0.1) is 7.11 Å². The van der Waals surface area contributed by atoms with Crippen LogP contribution < -0.4 is 10.5 Å². The fourth-order valence-corrected chi connectivity index (χ4v) is 2.31. The van der Waals surface area contributed by atoms with Crippen LogP contribution in [0.5, 0.6) is 5.75 Å². The van der Waals surface area contributed by atoms with E-state index in [1.54, 1.807) is 13.2 Å². The number of nitrogens with two attached hydrogens (primary N) is 1. The lowest BCUT2D eigenvalue weighted by molar-refractivity contribution is 0.0701. The average Bonchev–Trinajstić information content (AvgIpc) is 2.81. The van der Waals surface area contributed by atoms with Gasteiger partial charge in [-0.05, 0) is 24.6 Å². The molecule has 118 valence electrons. The standard InChI is InChI=1S/C16H22N4O2/c1-11-19-20(2)15(22-11)7-5-4-6-12-10-13(16(17)18)8-9-14(12)21-3/h4,6,8-10,15H,5,7H2,1-3H3,(H3,17,18)/b6-4+. The normalized spacial score (nSPS) is 17.5. The number of hydrogen-bond acceptors (Lipinski definition) is 5. The number of rotatable bonds is 6. The van der Waals surface area contributed by atoms with Crippen LogP contribution in [0.4, 0.5) is 0 Å². The van der Waals surface area contributed by atoms with Crippen molar-refractivity contribution in [2.75, 3.05) is 14.2 Å². The van der Waals surface area contributed by atoms with Gasteiger partial charge >= 0.3 is 0 Å². The summed E-state index contributed by atoms with van der Waals surface area (Å²) in [7, 11) is 3.53. The van der Waals surface area contributed by atoms with Crippen LogP contribution >= 0.6 is 0 Å². The van der Waals surface area contributed by atoms with Crippen LogP contribution in [0.2, 0.25) is 0 Å². The molecule has 6 nitrogen and oxygen atoms in total. The van der Waals surface area contributed by atoms with E-state index in [2.05, 4.69) is 11.2 Å². The summed E-state index contributed by atoms with van der Waals surface area (Å²) in [5, 5.41) is 13.6. The maximum Gasteiger partial charge on any atom is 0.205 e. The highest BCUT2D eigenvalue weighted by molar-refractivity contribution is 5.95. The summed E-state index contributed by atoms with van der Waals surface area (Å²) >= 11 is 0. The first-order valence-electron chi connectivity index (χ1n) is 7.15. The van der Waals surface area contributed by atoms with Gasteiger partial charge < -0.3 is 15.2 Å². The Morgan fingerprint density at radius 3 is 2.91 bits per heavy atom. The van der Waals surface area contributed by atoms with Crippen molar-refractivity contribution >= 4 is 17.8 Å². The molecule has 3 N–H and O–H groups in total. The molecule has 0 aliphatic carbocycles. The zero-order valence-corrected chi connectivity index (χ0v) is 13.2. The SMILES string of the molecule is COc1ccc(C(=N)N)cc1/C=C/CCC1OC(C)=NN1C. The van der Waals surface area contributed by atoms with E-state index in [1.807, 2.05) is 37.2 Å². The minimum absolute atomic E-state index is 0.00454. The first-order valence-corrected chi connectivity index (χ1v) is 7.15. The minimum Gasteiger partial charge on any atom is -0.496 e. The third kappa shape index (κ3) is 3.78. The lowest BCUT2D eigenvalue weighted by Crippen LogP contribution is -2.23. The van der Waals surface area contributed by atoms with Crippen LogP contribution in [0.15, 0.2) is 29.4 Å². The van der Waals surface area contributed by atoms with E-state index in [0.717, 1.165) is 24.2 Å². The molecule has 0 fully saturated rings. The molecule has 0 aromatic heterocycles. The van der Waals surface area contributed by atoms with E-state index >= 15 is 0 Å². The molecule has 0 radical (unpaired) electrons. The van der Waals surface area contributed by atoms with E-state index in [4.69, 9.17) is 20.6 Å². The Morgan fingerprint density at radius 2 is 2.32 bits per heavy atom. The zero-order chi connectivity index (χ0) is 16.1. The molecule has 0 bridgehead atoms. The molecule has 1 aliphatic heterocycles. The monoisotopic (exact) mass is 302 g/mol. The van der Waals surface area contributed by atoms with Crippen molar-refractivity contribution < 1.29 is 9.47 Å². The molecular formula is C16H22N4O2. The Balaban J connectivity index is 1.97. The Kier molecular flexibility index (Phi) is 5.04. The van der Waals surface area contributed by atoms with Crippen LogP contribution in [0.25, 0.3) is 6.08 Å². The number of benzene rings is 1. The number of nitrogen functional groups attached to an aromatic ring is 1. The van der Waals surface area contributed by atoms with Gasteiger partial charge in [-0.2, -0.15) is 0 Å². The van der Waals surface area contributed by atoms with Crippen LogP contribution in [0.3, 0.4) is 0 Å². The van der Waals surface area contributed by atoms with Crippen LogP contribution in [-0.4, -0.2) is 37.1 Å². The highest BCUT2D eigenvalue weighted by Crippen LogP contribution is 2.22. The second-order valence-corrected chi connectivity index (χ2v) is 5.12. The highest BCUT2D eigenvalue weighted by Gasteiger charge is 2.20. The number of amidine groups is 1. The largest absolute Gasteiger partial charge is 0.496 e. The molecule has 22 heavy (non-hydrogen) atoms. The van der Waals surface area contributed by atoms with Gasteiger partial charge in [0, 0.05) is 31.5 Å². The van der Waals surface area contributed by atoms with Gasteiger partial charge in [0.15, 0.2) is 6.23 Å². The summed E-state index contributed by atoms with van der Waals surface area (Å²) in [4.78, 5) is 0. The summed E-state index contributed by atoms with van der Waals surface area (Å²) in [6, 6.07) is 5.45. The number of methoxy groups -OCH3 is 1. The molecule has 1 unspecified atom stereocenters. The van der Waals surface area contributed by atoms with E-state index in [9.17, 15) is 0 Å². The van der Waals surface area contributed by atoms with E-state index in [0.29, 0.717) is 11.5 Å². The summed E-state index contributed by atoms with van der Waals surface area (Å²) in [6.07, 6.45) is 5.74. The van der Waals surface area contributed by atoms with Crippen LogP contribution in [-0.2, 0) is 4.74 Å². The zero-order valence-electron chi connectivity index (χ0n) is 13.2. The van der Waals surface area contributed by atoms with Gasteiger partial charge in [0.2, 0.25) is 5.90 Å². The second kappa shape index (κ2) is 6.98. The molecule has 1 aromatic rings. The number of nitrogens with zero attached hydrogens (tertiary/aromatic N) is 2. The molecule has 0 saturated heterocycles. The smallest absolute Gasteiger partial charge is 0.205 e. The molecule has 2 rings (SSSR count). The molecule has 6 heteroatoms. The predicted octanol–water partition coefficient (Wildman–Crippen LogP) is 2.39. The first kappa shape index (κ1) is 15.9. The summed E-state index contributed by atoms with van der Waals surface area (Å²) in [5.74, 6) is 1.51. The van der Waals surface area contributed by atoms with E-state index in [1.165, 1.54) is 0 Å². The van der Waals surface area contributed by atoms with Gasteiger partial charge in [-0.1, -0.05) is 12.2 Å². The Morgan fingerprint density at radius 1 is 1.55 bits per heavy atom. The third-order valence-corrected chi connectivity index (χ3v) is 3.44.